The minimum atomic E-state index is -0.0140. The number of hydrogen-bond donors (Lipinski definition) is 0. The summed E-state index contributed by atoms with van der Waals surface area (Å²) in [6, 6.07) is 20.1. The zero-order chi connectivity index (χ0) is 20.2. The van der Waals surface area contributed by atoms with Crippen molar-refractivity contribution < 1.29 is 9.53 Å². The smallest absolute Gasteiger partial charge is 0.258 e. The number of carbonyl (C=O) groups excluding carboxylic acids is 1. The predicted molar refractivity (Wildman–Crippen MR) is 118 cm³/mol. The van der Waals surface area contributed by atoms with Crippen LogP contribution in [0.2, 0.25) is 0 Å². The fourth-order valence-corrected chi connectivity index (χ4v) is 4.27. The maximum atomic E-state index is 13.9. The van der Waals surface area contributed by atoms with Gasteiger partial charge >= 0.3 is 0 Å². The highest BCUT2D eigenvalue weighted by Gasteiger charge is 2.24. The average Bonchev–Trinajstić information content (AvgIpc) is 3.39. The first-order valence-electron chi connectivity index (χ1n) is 9.73. The molecule has 0 aliphatic carbocycles. The molecule has 2 aromatic carbocycles. The summed E-state index contributed by atoms with van der Waals surface area (Å²) in [5.41, 5.74) is 1.73. The highest BCUT2D eigenvalue weighted by atomic mass is 32.1. The number of carbonyl (C=O) groups is 1. The van der Waals surface area contributed by atoms with E-state index in [1.807, 2.05) is 79.0 Å². The molecule has 0 unspecified atom stereocenters. The van der Waals surface area contributed by atoms with Crippen molar-refractivity contribution in [2.45, 2.75) is 20.0 Å². The number of nitrogens with zero attached hydrogens (tertiary/aromatic N) is 2. The maximum absolute atomic E-state index is 13.9. The van der Waals surface area contributed by atoms with E-state index in [0.717, 1.165) is 21.3 Å². The van der Waals surface area contributed by atoms with Gasteiger partial charge in [-0.05, 0) is 47.3 Å². The van der Waals surface area contributed by atoms with Gasteiger partial charge in [-0.3, -0.25) is 4.79 Å². The Morgan fingerprint density at radius 1 is 1.03 bits per heavy atom. The number of amides is 1. The third kappa shape index (κ3) is 4.05. The molecule has 0 saturated carbocycles. The van der Waals surface area contributed by atoms with Crippen LogP contribution in [0.25, 0.3) is 10.8 Å². The van der Waals surface area contributed by atoms with E-state index in [1.54, 1.807) is 11.3 Å². The quantitative estimate of drug-likeness (QED) is 0.409. The van der Waals surface area contributed by atoms with Gasteiger partial charge in [-0.25, -0.2) is 0 Å². The van der Waals surface area contributed by atoms with Crippen molar-refractivity contribution in [2.24, 2.45) is 7.05 Å². The lowest BCUT2D eigenvalue weighted by molar-refractivity contribution is 0.0726. The normalized spacial score (nSPS) is 11.0. The van der Waals surface area contributed by atoms with Gasteiger partial charge in [0, 0.05) is 23.8 Å². The van der Waals surface area contributed by atoms with Crippen molar-refractivity contribution in [1.82, 2.24) is 9.47 Å². The second-order valence-electron chi connectivity index (χ2n) is 6.94. The Morgan fingerprint density at radius 3 is 2.62 bits per heavy atom. The second-order valence-corrected chi connectivity index (χ2v) is 7.98. The van der Waals surface area contributed by atoms with E-state index in [9.17, 15) is 4.79 Å². The number of fused-ring (bicyclic) bond motifs is 1. The summed E-state index contributed by atoms with van der Waals surface area (Å²) in [7, 11) is 2.01. The molecule has 5 heteroatoms. The minimum Gasteiger partial charge on any atom is -0.493 e. The molecular formula is C24H24N2O2S. The first kappa shape index (κ1) is 19.3. The third-order valence-electron chi connectivity index (χ3n) is 5.02. The van der Waals surface area contributed by atoms with Crippen LogP contribution in [-0.2, 0) is 20.1 Å². The van der Waals surface area contributed by atoms with E-state index in [1.165, 1.54) is 0 Å². The summed E-state index contributed by atoms with van der Waals surface area (Å²) in [6.45, 7) is 3.56. The van der Waals surface area contributed by atoms with Crippen LogP contribution >= 0.6 is 11.3 Å². The number of rotatable bonds is 7. The van der Waals surface area contributed by atoms with Gasteiger partial charge in [-0.2, -0.15) is 0 Å². The van der Waals surface area contributed by atoms with Crippen LogP contribution in [0.5, 0.6) is 5.75 Å². The van der Waals surface area contributed by atoms with Crippen LogP contribution < -0.4 is 4.74 Å². The van der Waals surface area contributed by atoms with Crippen molar-refractivity contribution in [3.05, 3.63) is 88.4 Å². The van der Waals surface area contributed by atoms with E-state index in [0.29, 0.717) is 31.0 Å². The predicted octanol–water partition coefficient (Wildman–Crippen LogP) is 5.48. The molecule has 0 radical (unpaired) electrons. The number of aryl methyl sites for hydroxylation is 1. The standard InChI is InChI=1S/C24H24N2O2S/c1-3-28-22-13-12-18-8-4-5-11-21(18)23(22)24(27)26(17-20-10-7-15-29-20)16-19-9-6-14-25(19)2/h4-15H,3,16-17H2,1-2H3. The fraction of sp³-hybridized carbons (Fsp3) is 0.208. The molecule has 0 aliphatic heterocycles. The van der Waals surface area contributed by atoms with E-state index in [-0.39, 0.29) is 5.91 Å². The lowest BCUT2D eigenvalue weighted by Crippen LogP contribution is -2.31. The van der Waals surface area contributed by atoms with E-state index in [4.69, 9.17) is 4.74 Å². The number of aromatic nitrogens is 1. The molecule has 4 nitrogen and oxygen atoms in total. The highest BCUT2D eigenvalue weighted by Crippen LogP contribution is 2.31. The molecule has 0 atom stereocenters. The summed E-state index contributed by atoms with van der Waals surface area (Å²) in [4.78, 5) is 16.9. The van der Waals surface area contributed by atoms with Gasteiger partial charge in [-0.1, -0.05) is 36.4 Å². The molecule has 4 aromatic rings. The number of thiophene rings is 1. The number of ether oxygens (including phenoxy) is 1. The molecule has 0 aliphatic rings. The lowest BCUT2D eigenvalue weighted by Gasteiger charge is -2.24. The second kappa shape index (κ2) is 8.53. The molecule has 29 heavy (non-hydrogen) atoms. The summed E-state index contributed by atoms with van der Waals surface area (Å²) in [6.07, 6.45) is 2.01. The van der Waals surface area contributed by atoms with Crippen LogP contribution in [0.3, 0.4) is 0 Å². The molecule has 4 rings (SSSR count). The molecule has 0 bridgehead atoms. The van der Waals surface area contributed by atoms with E-state index < -0.39 is 0 Å². The number of hydrogen-bond acceptors (Lipinski definition) is 3. The van der Waals surface area contributed by atoms with Gasteiger partial charge in [0.1, 0.15) is 5.75 Å². The monoisotopic (exact) mass is 404 g/mol. The molecule has 1 amide bonds. The first-order valence-corrected chi connectivity index (χ1v) is 10.6. The molecule has 148 valence electrons. The molecular weight excluding hydrogens is 380 g/mol. The summed E-state index contributed by atoms with van der Waals surface area (Å²) < 4.78 is 7.92. The summed E-state index contributed by atoms with van der Waals surface area (Å²) in [5.74, 6) is 0.624. The van der Waals surface area contributed by atoms with Crippen LogP contribution in [0.1, 0.15) is 27.9 Å². The topological polar surface area (TPSA) is 34.5 Å². The van der Waals surface area contributed by atoms with E-state index >= 15 is 0 Å². The zero-order valence-electron chi connectivity index (χ0n) is 16.7. The Morgan fingerprint density at radius 2 is 1.90 bits per heavy atom. The van der Waals surface area contributed by atoms with Crippen LogP contribution in [0.15, 0.2) is 72.2 Å². The van der Waals surface area contributed by atoms with Gasteiger partial charge < -0.3 is 14.2 Å². The minimum absolute atomic E-state index is 0.0140. The SMILES string of the molecule is CCOc1ccc2ccccc2c1C(=O)N(Cc1cccs1)Cc1cccn1C. The Kier molecular flexibility index (Phi) is 5.67. The molecule has 2 aromatic heterocycles. The zero-order valence-corrected chi connectivity index (χ0v) is 17.5. The maximum Gasteiger partial charge on any atom is 0.258 e. The average molecular weight is 405 g/mol. The Hall–Kier alpha value is -3.05. The van der Waals surface area contributed by atoms with Gasteiger partial charge in [0.25, 0.3) is 5.91 Å². The van der Waals surface area contributed by atoms with Crippen molar-refractivity contribution in [3.8, 4) is 5.75 Å². The lowest BCUT2D eigenvalue weighted by atomic mass is 10.0. The molecule has 0 N–H and O–H groups in total. The Labute approximate surface area is 175 Å². The van der Waals surface area contributed by atoms with Crippen molar-refractivity contribution in [1.29, 1.82) is 0 Å². The van der Waals surface area contributed by atoms with Crippen LogP contribution in [0.4, 0.5) is 0 Å². The van der Waals surface area contributed by atoms with E-state index in [2.05, 4.69) is 16.7 Å². The summed E-state index contributed by atoms with van der Waals surface area (Å²) in [5, 5.41) is 4.00. The molecule has 0 fully saturated rings. The third-order valence-corrected chi connectivity index (χ3v) is 5.88. The van der Waals surface area contributed by atoms with Gasteiger partial charge in [0.15, 0.2) is 0 Å². The fourth-order valence-electron chi connectivity index (χ4n) is 3.55. The van der Waals surface area contributed by atoms with Crippen molar-refractivity contribution >= 4 is 28.0 Å². The van der Waals surface area contributed by atoms with Gasteiger partial charge in [0.05, 0.1) is 25.3 Å². The van der Waals surface area contributed by atoms with Crippen LogP contribution in [0, 0.1) is 0 Å². The number of benzene rings is 2. The van der Waals surface area contributed by atoms with Crippen LogP contribution in [-0.4, -0.2) is 22.0 Å². The first-order chi connectivity index (χ1) is 14.2. The largest absolute Gasteiger partial charge is 0.493 e. The Bertz CT molecular complexity index is 1120. The highest BCUT2D eigenvalue weighted by molar-refractivity contribution is 7.09. The summed E-state index contributed by atoms with van der Waals surface area (Å²) >= 11 is 1.67. The van der Waals surface area contributed by atoms with Gasteiger partial charge in [-0.15, -0.1) is 11.3 Å². The molecule has 0 spiro atoms. The van der Waals surface area contributed by atoms with Crippen molar-refractivity contribution in [2.75, 3.05) is 6.61 Å². The van der Waals surface area contributed by atoms with Crippen molar-refractivity contribution in [3.63, 3.8) is 0 Å². The molecule has 0 saturated heterocycles. The van der Waals surface area contributed by atoms with Gasteiger partial charge in [0.2, 0.25) is 0 Å². The Balaban J connectivity index is 1.79. The molecule has 2 heterocycles.